The van der Waals surface area contributed by atoms with Gasteiger partial charge in [0.05, 0.1) is 0 Å². The van der Waals surface area contributed by atoms with Gasteiger partial charge in [0, 0.05) is 33.2 Å². The molecule has 1 aromatic carbocycles. The molecule has 1 atom stereocenters. The van der Waals surface area contributed by atoms with Crippen molar-refractivity contribution in [2.75, 3.05) is 39.8 Å². The van der Waals surface area contributed by atoms with Crippen LogP contribution < -0.4 is 5.32 Å². The van der Waals surface area contributed by atoms with Crippen molar-refractivity contribution < 1.29 is 0 Å². The SMILES string of the molecule is CCCN1CCC(CN=C(NCC)N(C)Cc2ccc(C)cc2)C1.I. The third-order valence-electron chi connectivity index (χ3n) is 4.65. The maximum atomic E-state index is 4.91. The molecule has 0 bridgehead atoms. The van der Waals surface area contributed by atoms with Gasteiger partial charge in [0.1, 0.15) is 0 Å². The summed E-state index contributed by atoms with van der Waals surface area (Å²) in [6.07, 6.45) is 2.53. The molecule has 2 rings (SSSR count). The van der Waals surface area contributed by atoms with E-state index in [1.165, 1.54) is 43.6 Å². The lowest BCUT2D eigenvalue weighted by atomic mass is 10.1. The molecule has 1 N–H and O–H groups in total. The molecule has 1 aliphatic heterocycles. The summed E-state index contributed by atoms with van der Waals surface area (Å²) in [6.45, 7) is 12.9. The highest BCUT2D eigenvalue weighted by Crippen LogP contribution is 2.16. The molecule has 142 valence electrons. The summed E-state index contributed by atoms with van der Waals surface area (Å²) in [6, 6.07) is 8.76. The Morgan fingerprint density at radius 1 is 1.28 bits per heavy atom. The molecule has 0 spiro atoms. The molecule has 1 aliphatic rings. The van der Waals surface area contributed by atoms with Crippen LogP contribution >= 0.6 is 24.0 Å². The van der Waals surface area contributed by atoms with Crippen molar-refractivity contribution in [1.82, 2.24) is 15.1 Å². The molecule has 1 saturated heterocycles. The Morgan fingerprint density at radius 3 is 2.64 bits per heavy atom. The summed E-state index contributed by atoms with van der Waals surface area (Å²) in [5, 5.41) is 3.44. The summed E-state index contributed by atoms with van der Waals surface area (Å²) in [7, 11) is 2.12. The van der Waals surface area contributed by atoms with Crippen LogP contribution in [0.25, 0.3) is 0 Å². The molecule has 5 heteroatoms. The number of rotatable bonds is 7. The maximum absolute atomic E-state index is 4.91. The topological polar surface area (TPSA) is 30.9 Å². The standard InChI is InChI=1S/C20H34N4.HI/c1-5-12-24-13-11-19(16-24)14-22-20(21-6-2)23(4)15-18-9-7-17(3)8-10-18;/h7-10,19H,5-6,11-16H2,1-4H3,(H,21,22);1H. The van der Waals surface area contributed by atoms with Crippen molar-refractivity contribution in [3.8, 4) is 0 Å². The van der Waals surface area contributed by atoms with E-state index < -0.39 is 0 Å². The molecular weight excluding hydrogens is 423 g/mol. The molecule has 1 heterocycles. The summed E-state index contributed by atoms with van der Waals surface area (Å²) >= 11 is 0. The van der Waals surface area contributed by atoms with Crippen molar-refractivity contribution in [1.29, 1.82) is 0 Å². The monoisotopic (exact) mass is 458 g/mol. The van der Waals surface area contributed by atoms with Gasteiger partial charge in [-0.25, -0.2) is 0 Å². The number of likely N-dealkylation sites (tertiary alicyclic amines) is 1. The first-order chi connectivity index (χ1) is 11.6. The van der Waals surface area contributed by atoms with Crippen LogP contribution in [0.4, 0.5) is 0 Å². The van der Waals surface area contributed by atoms with Crippen LogP contribution in [0, 0.1) is 12.8 Å². The van der Waals surface area contributed by atoms with Crippen molar-refractivity contribution in [2.45, 2.75) is 40.2 Å². The van der Waals surface area contributed by atoms with Gasteiger partial charge in [-0.05, 0) is 51.3 Å². The van der Waals surface area contributed by atoms with E-state index >= 15 is 0 Å². The fraction of sp³-hybridized carbons (Fsp3) is 0.650. The van der Waals surface area contributed by atoms with Crippen LogP contribution in [-0.4, -0.2) is 55.5 Å². The molecule has 4 nitrogen and oxygen atoms in total. The molecule has 25 heavy (non-hydrogen) atoms. The predicted octanol–water partition coefficient (Wildman–Crippen LogP) is 3.74. The van der Waals surface area contributed by atoms with E-state index in [1.54, 1.807) is 0 Å². The first-order valence-corrected chi connectivity index (χ1v) is 9.39. The van der Waals surface area contributed by atoms with Gasteiger partial charge in [-0.3, -0.25) is 4.99 Å². The predicted molar refractivity (Wildman–Crippen MR) is 119 cm³/mol. The largest absolute Gasteiger partial charge is 0.357 e. The van der Waals surface area contributed by atoms with Gasteiger partial charge >= 0.3 is 0 Å². The number of hydrogen-bond donors (Lipinski definition) is 1. The number of hydrogen-bond acceptors (Lipinski definition) is 2. The van der Waals surface area contributed by atoms with Crippen LogP contribution in [-0.2, 0) is 6.54 Å². The number of nitrogens with zero attached hydrogens (tertiary/aromatic N) is 3. The van der Waals surface area contributed by atoms with E-state index in [-0.39, 0.29) is 24.0 Å². The van der Waals surface area contributed by atoms with Crippen LogP contribution in [0.2, 0.25) is 0 Å². The average Bonchev–Trinajstić information content (AvgIpc) is 3.01. The molecule has 1 fully saturated rings. The number of aliphatic imine (C=N–C) groups is 1. The van der Waals surface area contributed by atoms with Gasteiger partial charge in [-0.1, -0.05) is 36.8 Å². The molecule has 1 aromatic rings. The lowest BCUT2D eigenvalue weighted by molar-refractivity contribution is 0.326. The van der Waals surface area contributed by atoms with Gasteiger partial charge in [0.15, 0.2) is 5.96 Å². The molecule has 0 saturated carbocycles. The lowest BCUT2D eigenvalue weighted by Gasteiger charge is -2.23. The number of aryl methyl sites for hydroxylation is 1. The highest BCUT2D eigenvalue weighted by molar-refractivity contribution is 14.0. The average molecular weight is 458 g/mol. The Morgan fingerprint density at radius 2 is 2.00 bits per heavy atom. The number of guanidine groups is 1. The second kappa shape index (κ2) is 11.7. The second-order valence-corrected chi connectivity index (χ2v) is 6.99. The Kier molecular flexibility index (Phi) is 10.4. The van der Waals surface area contributed by atoms with Crippen molar-refractivity contribution >= 4 is 29.9 Å². The zero-order valence-corrected chi connectivity index (χ0v) is 18.6. The second-order valence-electron chi connectivity index (χ2n) is 6.99. The van der Waals surface area contributed by atoms with Gasteiger partial charge in [-0.2, -0.15) is 0 Å². The zero-order chi connectivity index (χ0) is 17.4. The third-order valence-corrected chi connectivity index (χ3v) is 4.65. The molecular formula is C20H35IN4. The van der Waals surface area contributed by atoms with E-state index in [1.807, 2.05) is 0 Å². The maximum Gasteiger partial charge on any atom is 0.193 e. The summed E-state index contributed by atoms with van der Waals surface area (Å²) < 4.78 is 0. The highest BCUT2D eigenvalue weighted by Gasteiger charge is 2.21. The quantitative estimate of drug-likeness (QED) is 0.384. The minimum atomic E-state index is 0. The third kappa shape index (κ3) is 7.52. The van der Waals surface area contributed by atoms with Crippen LogP contribution in [0.5, 0.6) is 0 Å². The first-order valence-electron chi connectivity index (χ1n) is 9.39. The fourth-order valence-corrected chi connectivity index (χ4v) is 3.31. The zero-order valence-electron chi connectivity index (χ0n) is 16.3. The molecule has 0 aliphatic carbocycles. The number of nitrogens with one attached hydrogen (secondary N) is 1. The van der Waals surface area contributed by atoms with Gasteiger partial charge in [0.25, 0.3) is 0 Å². The van der Waals surface area contributed by atoms with E-state index in [4.69, 9.17) is 4.99 Å². The highest BCUT2D eigenvalue weighted by atomic mass is 127. The Balaban J connectivity index is 0.00000312. The Hall–Kier alpha value is -0.820. The van der Waals surface area contributed by atoms with Gasteiger partial charge in [-0.15, -0.1) is 24.0 Å². The van der Waals surface area contributed by atoms with Crippen LogP contribution in [0.1, 0.15) is 37.8 Å². The number of halogens is 1. The van der Waals surface area contributed by atoms with Crippen LogP contribution in [0.3, 0.4) is 0 Å². The van der Waals surface area contributed by atoms with E-state index in [2.05, 4.69) is 67.2 Å². The van der Waals surface area contributed by atoms with Crippen molar-refractivity contribution in [2.24, 2.45) is 10.9 Å². The van der Waals surface area contributed by atoms with Gasteiger partial charge in [0.2, 0.25) is 0 Å². The molecule has 0 amide bonds. The minimum Gasteiger partial charge on any atom is -0.357 e. The minimum absolute atomic E-state index is 0. The normalized spacial score (nSPS) is 18.1. The fourth-order valence-electron chi connectivity index (χ4n) is 3.31. The van der Waals surface area contributed by atoms with Crippen LogP contribution in [0.15, 0.2) is 29.3 Å². The first kappa shape index (κ1) is 22.2. The molecule has 0 aromatic heterocycles. The summed E-state index contributed by atoms with van der Waals surface area (Å²) in [5.41, 5.74) is 2.63. The summed E-state index contributed by atoms with van der Waals surface area (Å²) in [5.74, 6) is 1.73. The number of benzene rings is 1. The van der Waals surface area contributed by atoms with E-state index in [0.29, 0.717) is 5.92 Å². The molecule has 1 unspecified atom stereocenters. The molecule has 0 radical (unpaired) electrons. The summed E-state index contributed by atoms with van der Waals surface area (Å²) in [4.78, 5) is 9.71. The smallest absolute Gasteiger partial charge is 0.193 e. The van der Waals surface area contributed by atoms with E-state index in [0.717, 1.165) is 25.6 Å². The van der Waals surface area contributed by atoms with Crippen molar-refractivity contribution in [3.05, 3.63) is 35.4 Å². The van der Waals surface area contributed by atoms with Gasteiger partial charge < -0.3 is 15.1 Å². The lowest BCUT2D eigenvalue weighted by Crippen LogP contribution is -2.39. The Labute approximate surface area is 171 Å². The Bertz CT molecular complexity index is 515. The van der Waals surface area contributed by atoms with E-state index in [9.17, 15) is 0 Å². The van der Waals surface area contributed by atoms with Crippen molar-refractivity contribution in [3.63, 3.8) is 0 Å².